The number of benzene rings is 1. The lowest BCUT2D eigenvalue weighted by Gasteiger charge is -2.33. The lowest BCUT2D eigenvalue weighted by molar-refractivity contribution is 0.0725. The van der Waals surface area contributed by atoms with E-state index in [2.05, 4.69) is 46.5 Å². The molecule has 2 aliphatic heterocycles. The third kappa shape index (κ3) is 3.44. The molecule has 5 heteroatoms. The number of fused-ring (bicyclic) bond motifs is 1. The Morgan fingerprint density at radius 2 is 1.92 bits per heavy atom. The zero-order chi connectivity index (χ0) is 17.9. The predicted octanol–water partition coefficient (Wildman–Crippen LogP) is 3.31. The van der Waals surface area contributed by atoms with Crippen LogP contribution >= 0.6 is 0 Å². The van der Waals surface area contributed by atoms with E-state index in [1.807, 2.05) is 17.0 Å². The van der Waals surface area contributed by atoms with Crippen LogP contribution in [-0.2, 0) is 6.54 Å². The SMILES string of the molecule is CN1Cc2ccccc2C(Nc2ncccc2C(=O)N2CCCCC2)C1. The van der Waals surface area contributed by atoms with Crippen molar-refractivity contribution in [3.63, 3.8) is 0 Å². The van der Waals surface area contributed by atoms with E-state index in [0.29, 0.717) is 11.4 Å². The van der Waals surface area contributed by atoms with Gasteiger partial charge < -0.3 is 10.2 Å². The molecule has 26 heavy (non-hydrogen) atoms. The summed E-state index contributed by atoms with van der Waals surface area (Å²) in [6.45, 7) is 3.55. The van der Waals surface area contributed by atoms with Crippen LogP contribution < -0.4 is 5.32 Å². The van der Waals surface area contributed by atoms with Crippen molar-refractivity contribution < 1.29 is 4.79 Å². The first-order valence-electron chi connectivity index (χ1n) is 9.49. The summed E-state index contributed by atoms with van der Waals surface area (Å²) in [5.41, 5.74) is 3.31. The second-order valence-electron chi connectivity index (χ2n) is 7.34. The number of nitrogens with zero attached hydrogens (tertiary/aromatic N) is 3. The molecule has 1 atom stereocenters. The summed E-state index contributed by atoms with van der Waals surface area (Å²) < 4.78 is 0. The fraction of sp³-hybridized carbons (Fsp3) is 0.429. The quantitative estimate of drug-likeness (QED) is 0.923. The summed E-state index contributed by atoms with van der Waals surface area (Å²) in [5, 5.41) is 3.56. The summed E-state index contributed by atoms with van der Waals surface area (Å²) in [6.07, 6.45) is 5.16. The normalized spacial score (nSPS) is 20.5. The topological polar surface area (TPSA) is 48.5 Å². The molecule has 1 N–H and O–H groups in total. The fourth-order valence-corrected chi connectivity index (χ4v) is 4.03. The minimum absolute atomic E-state index is 0.0951. The van der Waals surface area contributed by atoms with E-state index in [0.717, 1.165) is 39.0 Å². The molecular formula is C21H26N4O. The van der Waals surface area contributed by atoms with Gasteiger partial charge in [0.15, 0.2) is 0 Å². The number of amides is 1. The Bertz CT molecular complexity index is 785. The summed E-state index contributed by atoms with van der Waals surface area (Å²) in [4.78, 5) is 21.8. The highest BCUT2D eigenvalue weighted by Gasteiger charge is 2.26. The van der Waals surface area contributed by atoms with Crippen LogP contribution in [0.3, 0.4) is 0 Å². The number of carbonyl (C=O) groups excluding carboxylic acids is 1. The number of carbonyl (C=O) groups is 1. The van der Waals surface area contributed by atoms with Crippen molar-refractivity contribution in [1.82, 2.24) is 14.8 Å². The Morgan fingerprint density at radius 3 is 2.77 bits per heavy atom. The number of likely N-dealkylation sites (N-methyl/N-ethyl adjacent to an activating group) is 1. The Morgan fingerprint density at radius 1 is 1.12 bits per heavy atom. The zero-order valence-corrected chi connectivity index (χ0v) is 15.3. The van der Waals surface area contributed by atoms with Crippen molar-refractivity contribution in [3.05, 3.63) is 59.3 Å². The van der Waals surface area contributed by atoms with Crippen molar-refractivity contribution in [2.45, 2.75) is 31.8 Å². The second kappa shape index (κ2) is 7.46. The van der Waals surface area contributed by atoms with Gasteiger partial charge in [0, 0.05) is 32.4 Å². The lowest BCUT2D eigenvalue weighted by atomic mass is 9.95. The van der Waals surface area contributed by atoms with Crippen molar-refractivity contribution in [2.24, 2.45) is 0 Å². The average Bonchev–Trinajstić information content (AvgIpc) is 2.68. The first kappa shape index (κ1) is 17.0. The van der Waals surface area contributed by atoms with Crippen molar-refractivity contribution in [1.29, 1.82) is 0 Å². The number of rotatable bonds is 3. The maximum atomic E-state index is 13.0. The molecule has 0 spiro atoms. The molecule has 4 rings (SSSR count). The van der Waals surface area contributed by atoms with Crippen molar-refractivity contribution in [3.8, 4) is 0 Å². The lowest BCUT2D eigenvalue weighted by Crippen LogP contribution is -2.37. The van der Waals surface area contributed by atoms with Gasteiger partial charge in [-0.1, -0.05) is 24.3 Å². The molecule has 1 fully saturated rings. The average molecular weight is 350 g/mol. The smallest absolute Gasteiger partial charge is 0.257 e. The number of likely N-dealkylation sites (tertiary alicyclic amines) is 1. The maximum Gasteiger partial charge on any atom is 0.257 e. The number of hydrogen-bond donors (Lipinski definition) is 1. The van der Waals surface area contributed by atoms with Gasteiger partial charge in [-0.15, -0.1) is 0 Å². The largest absolute Gasteiger partial charge is 0.361 e. The van der Waals surface area contributed by atoms with Crippen LogP contribution in [0.4, 0.5) is 5.82 Å². The highest BCUT2D eigenvalue weighted by atomic mass is 16.2. The number of hydrogen-bond acceptors (Lipinski definition) is 4. The number of nitrogens with one attached hydrogen (secondary N) is 1. The molecule has 0 bridgehead atoms. The third-order valence-corrected chi connectivity index (χ3v) is 5.36. The van der Waals surface area contributed by atoms with Gasteiger partial charge in [0.2, 0.25) is 0 Å². The van der Waals surface area contributed by atoms with Crippen LogP contribution in [0.2, 0.25) is 0 Å². The zero-order valence-electron chi connectivity index (χ0n) is 15.3. The molecule has 0 aliphatic carbocycles. The molecule has 136 valence electrons. The van der Waals surface area contributed by atoms with Gasteiger partial charge >= 0.3 is 0 Å². The molecule has 1 unspecified atom stereocenters. The van der Waals surface area contributed by atoms with Crippen LogP contribution in [0.25, 0.3) is 0 Å². The molecule has 2 aromatic rings. The van der Waals surface area contributed by atoms with Gasteiger partial charge in [-0.25, -0.2) is 4.98 Å². The molecule has 1 aromatic heterocycles. The van der Waals surface area contributed by atoms with Gasteiger partial charge in [0.1, 0.15) is 5.82 Å². The van der Waals surface area contributed by atoms with E-state index >= 15 is 0 Å². The van der Waals surface area contributed by atoms with E-state index in [4.69, 9.17) is 0 Å². The first-order valence-corrected chi connectivity index (χ1v) is 9.49. The molecule has 1 aromatic carbocycles. The molecule has 1 amide bonds. The van der Waals surface area contributed by atoms with Crippen molar-refractivity contribution >= 4 is 11.7 Å². The first-order chi connectivity index (χ1) is 12.7. The third-order valence-electron chi connectivity index (χ3n) is 5.36. The van der Waals surface area contributed by atoms with E-state index in [1.54, 1.807) is 6.20 Å². The molecule has 0 saturated carbocycles. The van der Waals surface area contributed by atoms with E-state index in [9.17, 15) is 4.79 Å². The van der Waals surface area contributed by atoms with Gasteiger partial charge in [0.05, 0.1) is 11.6 Å². The minimum Gasteiger partial charge on any atom is -0.361 e. The molecular weight excluding hydrogens is 324 g/mol. The Kier molecular flexibility index (Phi) is 4.89. The number of piperidine rings is 1. The number of anilines is 1. The highest BCUT2D eigenvalue weighted by molar-refractivity contribution is 5.98. The van der Waals surface area contributed by atoms with Gasteiger partial charge in [-0.05, 0) is 49.6 Å². The predicted molar refractivity (Wildman–Crippen MR) is 103 cm³/mol. The molecule has 0 radical (unpaired) electrons. The van der Waals surface area contributed by atoms with Crippen LogP contribution in [-0.4, -0.2) is 47.4 Å². The fourth-order valence-electron chi connectivity index (χ4n) is 4.03. The van der Waals surface area contributed by atoms with Crippen LogP contribution in [0.15, 0.2) is 42.6 Å². The van der Waals surface area contributed by atoms with Gasteiger partial charge in [-0.3, -0.25) is 9.69 Å². The van der Waals surface area contributed by atoms with Crippen LogP contribution in [0.5, 0.6) is 0 Å². The second-order valence-corrected chi connectivity index (χ2v) is 7.34. The maximum absolute atomic E-state index is 13.0. The monoisotopic (exact) mass is 350 g/mol. The number of pyridine rings is 1. The molecule has 5 nitrogen and oxygen atoms in total. The van der Waals surface area contributed by atoms with Gasteiger partial charge in [-0.2, -0.15) is 0 Å². The van der Waals surface area contributed by atoms with Gasteiger partial charge in [0.25, 0.3) is 5.91 Å². The summed E-state index contributed by atoms with van der Waals surface area (Å²) in [6, 6.07) is 12.4. The number of aromatic nitrogens is 1. The summed E-state index contributed by atoms with van der Waals surface area (Å²) in [7, 11) is 2.13. The van der Waals surface area contributed by atoms with Crippen molar-refractivity contribution in [2.75, 3.05) is 32.0 Å². The Balaban J connectivity index is 1.60. The van der Waals surface area contributed by atoms with E-state index in [-0.39, 0.29) is 11.9 Å². The standard InChI is InChI=1S/C21H26N4O/c1-24-14-16-8-3-4-9-17(16)19(15-24)23-20-18(10-7-11-22-20)21(26)25-12-5-2-6-13-25/h3-4,7-11,19H,2,5-6,12-15H2,1H3,(H,22,23). The van der Waals surface area contributed by atoms with Crippen LogP contribution in [0.1, 0.15) is 46.8 Å². The Labute approximate surface area is 155 Å². The molecule has 2 aliphatic rings. The van der Waals surface area contributed by atoms with E-state index < -0.39 is 0 Å². The molecule has 3 heterocycles. The Hall–Kier alpha value is -2.40. The van der Waals surface area contributed by atoms with E-state index in [1.165, 1.54) is 17.5 Å². The molecule has 1 saturated heterocycles. The van der Waals surface area contributed by atoms with Crippen LogP contribution in [0, 0.1) is 0 Å². The minimum atomic E-state index is 0.0951. The summed E-state index contributed by atoms with van der Waals surface area (Å²) >= 11 is 0. The highest BCUT2D eigenvalue weighted by Crippen LogP contribution is 2.29. The summed E-state index contributed by atoms with van der Waals surface area (Å²) in [5.74, 6) is 0.788.